The highest BCUT2D eigenvalue weighted by molar-refractivity contribution is 5.77. The lowest BCUT2D eigenvalue weighted by Crippen LogP contribution is -2.21. The van der Waals surface area contributed by atoms with Crippen molar-refractivity contribution in [3.05, 3.63) is 10.1 Å². The number of nitrogens with zero attached hydrogens (tertiary/aromatic N) is 2. The Morgan fingerprint density at radius 2 is 2.60 bits per heavy atom. The van der Waals surface area contributed by atoms with Crippen LogP contribution in [-0.2, 0) is 4.74 Å². The van der Waals surface area contributed by atoms with E-state index in [0.29, 0.717) is 13.2 Å². The molecule has 0 saturated heterocycles. The monoisotopic (exact) mass is 144 g/mol. The van der Waals surface area contributed by atoms with E-state index in [-0.39, 0.29) is 12.4 Å². The minimum Gasteiger partial charge on any atom is -0.476 e. The van der Waals surface area contributed by atoms with Gasteiger partial charge in [-0.1, -0.05) is 0 Å². The second-order valence-electron chi connectivity index (χ2n) is 1.97. The smallest absolute Gasteiger partial charge is 0.277 e. The predicted molar refractivity (Wildman–Crippen MR) is 34.7 cm³/mol. The average Bonchev–Trinajstić information content (AvgIpc) is 1.88. The summed E-state index contributed by atoms with van der Waals surface area (Å²) < 4.78 is 4.90. The Bertz CT molecular complexity index is 166. The summed E-state index contributed by atoms with van der Waals surface area (Å²) >= 11 is 0. The maximum absolute atomic E-state index is 9.91. The van der Waals surface area contributed by atoms with Crippen molar-refractivity contribution >= 4 is 5.90 Å². The molecule has 1 aliphatic rings. The summed E-state index contributed by atoms with van der Waals surface area (Å²) in [4.78, 5) is 13.3. The van der Waals surface area contributed by atoms with Crippen LogP contribution in [0.3, 0.4) is 0 Å². The minimum atomic E-state index is -0.440. The number of nitro groups is 1. The molecule has 0 atom stereocenters. The molecular formula is C5H8N2O3. The van der Waals surface area contributed by atoms with Crippen LogP contribution in [0, 0.1) is 10.1 Å². The molecule has 0 bridgehead atoms. The summed E-state index contributed by atoms with van der Waals surface area (Å²) in [6.45, 7) is 0.940. The van der Waals surface area contributed by atoms with Gasteiger partial charge >= 0.3 is 0 Å². The van der Waals surface area contributed by atoms with E-state index in [1.165, 1.54) is 0 Å². The van der Waals surface area contributed by atoms with Crippen molar-refractivity contribution in [1.82, 2.24) is 0 Å². The van der Waals surface area contributed by atoms with Gasteiger partial charge in [-0.05, 0) is 0 Å². The Morgan fingerprint density at radius 3 is 3.10 bits per heavy atom. The largest absolute Gasteiger partial charge is 0.476 e. The van der Waals surface area contributed by atoms with Crippen molar-refractivity contribution < 1.29 is 9.66 Å². The molecule has 5 nitrogen and oxygen atoms in total. The highest BCUT2D eigenvalue weighted by Gasteiger charge is 2.11. The molecule has 0 fully saturated rings. The van der Waals surface area contributed by atoms with E-state index in [0.717, 1.165) is 6.42 Å². The fourth-order valence-corrected chi connectivity index (χ4v) is 0.710. The molecule has 56 valence electrons. The Hall–Kier alpha value is -1.13. The molecule has 0 spiro atoms. The van der Waals surface area contributed by atoms with Gasteiger partial charge in [-0.3, -0.25) is 10.1 Å². The topological polar surface area (TPSA) is 64.7 Å². The Kier molecular flexibility index (Phi) is 2.20. The van der Waals surface area contributed by atoms with Gasteiger partial charge in [-0.25, -0.2) is 4.99 Å². The lowest BCUT2D eigenvalue weighted by atomic mass is 10.4. The van der Waals surface area contributed by atoms with Gasteiger partial charge in [-0.15, -0.1) is 0 Å². The third-order valence-electron chi connectivity index (χ3n) is 1.12. The van der Waals surface area contributed by atoms with Crippen LogP contribution in [0.15, 0.2) is 4.99 Å². The van der Waals surface area contributed by atoms with Crippen LogP contribution < -0.4 is 0 Å². The highest BCUT2D eigenvalue weighted by atomic mass is 16.6. The molecule has 0 aromatic carbocycles. The molecule has 0 aliphatic carbocycles. The molecule has 1 heterocycles. The van der Waals surface area contributed by atoms with Crippen molar-refractivity contribution in [2.75, 3.05) is 19.7 Å². The number of hydrogen-bond donors (Lipinski definition) is 0. The molecule has 1 rings (SSSR count). The van der Waals surface area contributed by atoms with Gasteiger partial charge in [0.25, 0.3) is 12.4 Å². The van der Waals surface area contributed by atoms with Crippen molar-refractivity contribution in [2.24, 2.45) is 4.99 Å². The van der Waals surface area contributed by atoms with E-state index in [9.17, 15) is 10.1 Å². The molecule has 0 N–H and O–H groups in total. The van der Waals surface area contributed by atoms with Gasteiger partial charge in [0, 0.05) is 17.9 Å². The van der Waals surface area contributed by atoms with Gasteiger partial charge in [0.15, 0.2) is 0 Å². The standard InChI is InChI=1S/C5H8N2O3/c8-7(9)4-5-6-2-1-3-10-5/h1-4H2. The zero-order chi connectivity index (χ0) is 7.40. The maximum Gasteiger partial charge on any atom is 0.277 e. The van der Waals surface area contributed by atoms with Gasteiger partial charge in [-0.2, -0.15) is 0 Å². The quantitative estimate of drug-likeness (QED) is 0.407. The molecule has 5 heteroatoms. The fourth-order valence-electron chi connectivity index (χ4n) is 0.710. The predicted octanol–water partition coefficient (Wildman–Crippen LogP) is 0.0819. The van der Waals surface area contributed by atoms with E-state index in [2.05, 4.69) is 4.99 Å². The van der Waals surface area contributed by atoms with Crippen LogP contribution in [0.5, 0.6) is 0 Å². The second-order valence-corrected chi connectivity index (χ2v) is 1.97. The molecule has 0 amide bonds. The molecule has 0 unspecified atom stereocenters. The van der Waals surface area contributed by atoms with Crippen LogP contribution >= 0.6 is 0 Å². The molecule has 0 aromatic rings. The van der Waals surface area contributed by atoms with Gasteiger partial charge in [0.05, 0.1) is 6.61 Å². The first kappa shape index (κ1) is 6.98. The lowest BCUT2D eigenvalue weighted by Gasteiger charge is -2.09. The SMILES string of the molecule is O=[N+]([O-])CC1=NCCCO1. The molecule has 1 aliphatic heterocycles. The van der Waals surface area contributed by atoms with Gasteiger partial charge in [0.1, 0.15) is 0 Å². The first-order chi connectivity index (χ1) is 4.79. The normalized spacial score (nSPS) is 17.4. The van der Waals surface area contributed by atoms with E-state index in [1.54, 1.807) is 0 Å². The Morgan fingerprint density at radius 1 is 1.80 bits per heavy atom. The Balaban J connectivity index is 2.38. The molecular weight excluding hydrogens is 136 g/mol. The van der Waals surface area contributed by atoms with Crippen LogP contribution in [0.4, 0.5) is 0 Å². The van der Waals surface area contributed by atoms with E-state index >= 15 is 0 Å². The third-order valence-corrected chi connectivity index (χ3v) is 1.12. The van der Waals surface area contributed by atoms with Crippen molar-refractivity contribution in [3.8, 4) is 0 Å². The zero-order valence-corrected chi connectivity index (χ0v) is 5.45. The molecule has 0 aromatic heterocycles. The molecule has 0 saturated carbocycles. The zero-order valence-electron chi connectivity index (χ0n) is 5.45. The number of rotatable bonds is 2. The molecule has 0 radical (unpaired) electrons. The Labute approximate surface area is 57.9 Å². The minimum absolute atomic E-state index is 0.260. The summed E-state index contributed by atoms with van der Waals surface area (Å²) in [6, 6.07) is 0. The lowest BCUT2D eigenvalue weighted by molar-refractivity contribution is -0.465. The van der Waals surface area contributed by atoms with Crippen molar-refractivity contribution in [3.63, 3.8) is 0 Å². The summed E-state index contributed by atoms with van der Waals surface area (Å²) in [5, 5.41) is 9.91. The van der Waals surface area contributed by atoms with Crippen LogP contribution in [0.25, 0.3) is 0 Å². The second kappa shape index (κ2) is 3.14. The molecule has 10 heavy (non-hydrogen) atoms. The van der Waals surface area contributed by atoms with Gasteiger partial charge in [0.2, 0.25) is 0 Å². The average molecular weight is 144 g/mol. The maximum atomic E-state index is 9.91. The van der Waals surface area contributed by atoms with Crippen LogP contribution in [0.2, 0.25) is 0 Å². The van der Waals surface area contributed by atoms with Crippen LogP contribution in [0.1, 0.15) is 6.42 Å². The van der Waals surface area contributed by atoms with E-state index in [4.69, 9.17) is 4.74 Å². The number of ether oxygens (including phenoxy) is 1. The third kappa shape index (κ3) is 2.00. The first-order valence-corrected chi connectivity index (χ1v) is 3.07. The summed E-state index contributed by atoms with van der Waals surface area (Å²) in [5.41, 5.74) is 0. The van der Waals surface area contributed by atoms with Crippen molar-refractivity contribution in [1.29, 1.82) is 0 Å². The number of hydrogen-bond acceptors (Lipinski definition) is 4. The van der Waals surface area contributed by atoms with Gasteiger partial charge < -0.3 is 4.74 Å². The number of aliphatic imine (C=N–C) groups is 1. The summed E-state index contributed by atoms with van der Waals surface area (Å²) in [5.74, 6) is 0.260. The summed E-state index contributed by atoms with van der Waals surface area (Å²) in [6.07, 6.45) is 0.862. The summed E-state index contributed by atoms with van der Waals surface area (Å²) in [7, 11) is 0. The first-order valence-electron chi connectivity index (χ1n) is 3.07. The van der Waals surface area contributed by atoms with E-state index in [1.807, 2.05) is 0 Å². The highest BCUT2D eigenvalue weighted by Crippen LogP contribution is 1.96. The van der Waals surface area contributed by atoms with Crippen molar-refractivity contribution in [2.45, 2.75) is 6.42 Å². The van der Waals surface area contributed by atoms with E-state index < -0.39 is 4.92 Å². The van der Waals surface area contributed by atoms with Crippen LogP contribution in [-0.4, -0.2) is 30.5 Å². The fraction of sp³-hybridized carbons (Fsp3) is 0.800.